The zero-order chi connectivity index (χ0) is 14.7. The lowest BCUT2D eigenvalue weighted by atomic mass is 10.1. The van der Waals surface area contributed by atoms with E-state index in [0.717, 1.165) is 22.3 Å². The highest BCUT2D eigenvalue weighted by Crippen LogP contribution is 2.15. The van der Waals surface area contributed by atoms with Gasteiger partial charge in [-0.1, -0.05) is 35.9 Å². The van der Waals surface area contributed by atoms with Crippen molar-refractivity contribution in [3.05, 3.63) is 64.8 Å². The fourth-order valence-electron chi connectivity index (χ4n) is 2.19. The Labute approximate surface area is 127 Å². The van der Waals surface area contributed by atoms with Gasteiger partial charge >= 0.3 is 0 Å². The molecule has 106 valence electrons. The summed E-state index contributed by atoms with van der Waals surface area (Å²) in [5, 5.41) is 1.55. The van der Waals surface area contributed by atoms with Crippen LogP contribution >= 0.6 is 11.6 Å². The van der Waals surface area contributed by atoms with Crippen molar-refractivity contribution in [1.82, 2.24) is 15.0 Å². The minimum Gasteiger partial charge on any atom is -0.377 e. The van der Waals surface area contributed by atoms with Crippen molar-refractivity contribution in [2.24, 2.45) is 0 Å². The number of methoxy groups -OCH3 is 1. The number of benzene rings is 1. The third-order valence-corrected chi connectivity index (χ3v) is 3.28. The molecular weight excluding hydrogens is 286 g/mol. The molecule has 0 N–H and O–H groups in total. The van der Waals surface area contributed by atoms with Crippen LogP contribution in [-0.4, -0.2) is 22.1 Å². The Hall–Kier alpha value is -2.04. The molecule has 0 amide bonds. The average Bonchev–Trinajstić information content (AvgIpc) is 2.47. The summed E-state index contributed by atoms with van der Waals surface area (Å²) in [6, 6.07) is 13.9. The number of halogens is 1. The summed E-state index contributed by atoms with van der Waals surface area (Å²) in [5.74, 6) is 0.584. The molecule has 0 atom stereocenters. The summed E-state index contributed by atoms with van der Waals surface area (Å²) >= 11 is 6.02. The summed E-state index contributed by atoms with van der Waals surface area (Å²) in [7, 11) is 1.61. The highest BCUT2D eigenvalue weighted by atomic mass is 35.5. The van der Waals surface area contributed by atoms with Crippen LogP contribution in [0.1, 0.15) is 17.2 Å². The van der Waals surface area contributed by atoms with E-state index in [2.05, 4.69) is 21.0 Å². The third kappa shape index (κ3) is 3.35. The lowest BCUT2D eigenvalue weighted by Gasteiger charge is -2.05. The van der Waals surface area contributed by atoms with Crippen LogP contribution in [0.2, 0.25) is 5.15 Å². The molecule has 0 aliphatic rings. The van der Waals surface area contributed by atoms with Gasteiger partial charge in [-0.2, -0.15) is 0 Å². The van der Waals surface area contributed by atoms with Gasteiger partial charge in [0.05, 0.1) is 11.2 Å². The van der Waals surface area contributed by atoms with E-state index in [-0.39, 0.29) is 0 Å². The van der Waals surface area contributed by atoms with Crippen LogP contribution in [0.4, 0.5) is 0 Å². The summed E-state index contributed by atoms with van der Waals surface area (Å²) in [5.41, 5.74) is 2.77. The molecule has 0 unspecified atom stereocenters. The van der Waals surface area contributed by atoms with E-state index in [0.29, 0.717) is 24.0 Å². The van der Waals surface area contributed by atoms with E-state index in [9.17, 15) is 0 Å². The fraction of sp³-hybridized carbons (Fsp3) is 0.188. The minimum atomic E-state index is 0.346. The van der Waals surface area contributed by atoms with Crippen molar-refractivity contribution in [3.63, 3.8) is 0 Å². The maximum Gasteiger partial charge on any atom is 0.155 e. The summed E-state index contributed by atoms with van der Waals surface area (Å²) < 4.78 is 5.05. The largest absolute Gasteiger partial charge is 0.377 e. The molecule has 2 aromatic heterocycles. The van der Waals surface area contributed by atoms with Crippen molar-refractivity contribution in [1.29, 1.82) is 0 Å². The topological polar surface area (TPSA) is 47.9 Å². The molecule has 0 spiro atoms. The number of hydrogen-bond acceptors (Lipinski definition) is 4. The van der Waals surface area contributed by atoms with Crippen molar-refractivity contribution in [2.45, 2.75) is 13.0 Å². The number of aromatic nitrogens is 3. The van der Waals surface area contributed by atoms with E-state index in [1.54, 1.807) is 13.2 Å². The highest BCUT2D eigenvalue weighted by Gasteiger charge is 2.06. The van der Waals surface area contributed by atoms with E-state index < -0.39 is 0 Å². The van der Waals surface area contributed by atoms with Crippen LogP contribution in [0.5, 0.6) is 0 Å². The van der Waals surface area contributed by atoms with Crippen LogP contribution in [-0.2, 0) is 17.8 Å². The number of fused-ring (bicyclic) bond motifs is 1. The predicted molar refractivity (Wildman–Crippen MR) is 82.3 cm³/mol. The minimum absolute atomic E-state index is 0.346. The summed E-state index contributed by atoms with van der Waals surface area (Å²) in [6.45, 7) is 0.346. The molecule has 21 heavy (non-hydrogen) atoms. The van der Waals surface area contributed by atoms with Crippen molar-refractivity contribution >= 4 is 22.5 Å². The molecule has 5 heteroatoms. The van der Waals surface area contributed by atoms with Gasteiger partial charge in [0.1, 0.15) is 11.8 Å². The van der Waals surface area contributed by atoms with Gasteiger partial charge in [0.25, 0.3) is 0 Å². The van der Waals surface area contributed by atoms with E-state index >= 15 is 0 Å². The molecule has 0 saturated carbocycles. The third-order valence-electron chi connectivity index (χ3n) is 3.09. The first-order valence-electron chi connectivity index (χ1n) is 6.60. The Morgan fingerprint density at radius 1 is 1.00 bits per heavy atom. The van der Waals surface area contributed by atoms with E-state index in [1.165, 1.54) is 0 Å². The number of rotatable bonds is 4. The molecule has 0 aliphatic heterocycles. The molecule has 0 aliphatic carbocycles. The SMILES string of the molecule is COCc1nc(Cl)cc(Cc2ccc3ccccc3n2)n1. The van der Waals surface area contributed by atoms with Crippen molar-refractivity contribution in [2.75, 3.05) is 7.11 Å². The second kappa shape index (κ2) is 6.16. The Morgan fingerprint density at radius 3 is 2.71 bits per heavy atom. The van der Waals surface area contributed by atoms with Gasteiger partial charge in [-0.15, -0.1) is 0 Å². The molecule has 0 radical (unpaired) electrons. The van der Waals surface area contributed by atoms with Crippen molar-refractivity contribution < 1.29 is 4.74 Å². The normalized spacial score (nSPS) is 11.0. The molecule has 0 bridgehead atoms. The van der Waals surface area contributed by atoms with Crippen molar-refractivity contribution in [3.8, 4) is 0 Å². The summed E-state index contributed by atoms with van der Waals surface area (Å²) in [6.07, 6.45) is 0.615. The van der Waals surface area contributed by atoms with Gasteiger partial charge in [-0.3, -0.25) is 4.98 Å². The zero-order valence-corrected chi connectivity index (χ0v) is 12.3. The van der Waals surface area contributed by atoms with E-state index in [4.69, 9.17) is 16.3 Å². The number of pyridine rings is 1. The number of para-hydroxylation sites is 1. The standard InChI is InChI=1S/C16H14ClN3O/c1-21-10-16-19-13(9-15(17)20-16)8-12-7-6-11-4-2-3-5-14(11)18-12/h2-7,9H,8,10H2,1H3. The van der Waals surface area contributed by atoms with Gasteiger partial charge in [-0.05, 0) is 18.2 Å². The number of ether oxygens (including phenoxy) is 1. The maximum atomic E-state index is 6.02. The average molecular weight is 300 g/mol. The second-order valence-corrected chi connectivity index (χ2v) is 5.09. The summed E-state index contributed by atoms with van der Waals surface area (Å²) in [4.78, 5) is 13.2. The Kier molecular flexibility index (Phi) is 4.08. The molecule has 3 aromatic rings. The lowest BCUT2D eigenvalue weighted by Crippen LogP contribution is -2.03. The van der Waals surface area contributed by atoms with Crippen LogP contribution < -0.4 is 0 Å². The van der Waals surface area contributed by atoms with Crippen LogP contribution in [0, 0.1) is 0 Å². The molecule has 0 saturated heterocycles. The zero-order valence-electron chi connectivity index (χ0n) is 11.6. The Balaban J connectivity index is 1.90. The fourth-order valence-corrected chi connectivity index (χ4v) is 2.42. The molecular formula is C16H14ClN3O. The van der Waals surface area contributed by atoms with Crippen LogP contribution in [0.15, 0.2) is 42.5 Å². The first-order valence-corrected chi connectivity index (χ1v) is 6.98. The molecule has 3 rings (SSSR count). The van der Waals surface area contributed by atoms with Gasteiger partial charge in [0, 0.05) is 24.6 Å². The van der Waals surface area contributed by atoms with Gasteiger partial charge in [0.15, 0.2) is 5.82 Å². The predicted octanol–water partition coefficient (Wildman–Crippen LogP) is 3.42. The van der Waals surface area contributed by atoms with Crippen LogP contribution in [0.3, 0.4) is 0 Å². The second-order valence-electron chi connectivity index (χ2n) is 4.70. The maximum absolute atomic E-state index is 6.02. The molecule has 4 nitrogen and oxygen atoms in total. The van der Waals surface area contributed by atoms with Gasteiger partial charge in [-0.25, -0.2) is 9.97 Å². The first kappa shape index (κ1) is 13.9. The number of hydrogen-bond donors (Lipinski definition) is 0. The monoisotopic (exact) mass is 299 g/mol. The van der Waals surface area contributed by atoms with E-state index in [1.807, 2.05) is 30.3 Å². The molecule has 2 heterocycles. The molecule has 1 aromatic carbocycles. The molecule has 0 fully saturated rings. The van der Waals surface area contributed by atoms with Gasteiger partial charge in [0.2, 0.25) is 0 Å². The Morgan fingerprint density at radius 2 is 1.86 bits per heavy atom. The Bertz CT molecular complexity index is 776. The van der Waals surface area contributed by atoms with Crippen LogP contribution in [0.25, 0.3) is 10.9 Å². The quantitative estimate of drug-likeness (QED) is 0.693. The number of nitrogens with zero attached hydrogens (tertiary/aromatic N) is 3. The first-order chi connectivity index (χ1) is 10.2. The lowest BCUT2D eigenvalue weighted by molar-refractivity contribution is 0.177. The highest BCUT2D eigenvalue weighted by molar-refractivity contribution is 6.29. The van der Waals surface area contributed by atoms with Gasteiger partial charge < -0.3 is 4.74 Å². The smallest absolute Gasteiger partial charge is 0.155 e.